The predicted molar refractivity (Wildman–Crippen MR) is 128 cm³/mol. The fourth-order valence-electron chi connectivity index (χ4n) is 2.94. The minimum atomic E-state index is -4.18. The molecule has 0 spiro atoms. The van der Waals surface area contributed by atoms with E-state index in [0.29, 0.717) is 11.8 Å². The quantitative estimate of drug-likeness (QED) is 0.278. The van der Waals surface area contributed by atoms with Crippen molar-refractivity contribution in [3.05, 3.63) is 94.0 Å². The molecule has 0 bridgehead atoms. The summed E-state index contributed by atoms with van der Waals surface area (Å²) in [5, 5.41) is 0.251. The first-order chi connectivity index (χ1) is 15.0. The summed E-state index contributed by atoms with van der Waals surface area (Å²) in [7, 11) is -4.18. The molecule has 0 atom stereocenters. The maximum Gasteiger partial charge on any atom is 0.337 e. The highest BCUT2D eigenvalue weighted by atomic mass is 127. The van der Waals surface area contributed by atoms with Crippen LogP contribution >= 0.6 is 34.8 Å². The second-order valence-electron chi connectivity index (χ2n) is 7.88. The van der Waals surface area contributed by atoms with Gasteiger partial charge in [0, 0.05) is 0 Å². The van der Waals surface area contributed by atoms with Crippen LogP contribution in [0.3, 0.4) is 0 Å². The third-order valence-corrected chi connectivity index (χ3v) is 13.4. The fourth-order valence-corrected chi connectivity index (χ4v) is 10.8. The van der Waals surface area contributed by atoms with Gasteiger partial charge in [0.15, 0.2) is 7.14 Å². The van der Waals surface area contributed by atoms with Gasteiger partial charge in [-0.3, -0.25) is 0 Å². The highest BCUT2D eigenvalue weighted by molar-refractivity contribution is 7.86. The third kappa shape index (κ3) is 5.99. The number of rotatable bonds is 7. The van der Waals surface area contributed by atoms with Crippen LogP contribution in [0.15, 0.2) is 65.6 Å². The maximum atomic E-state index is 13.3. The number of hydrogen-bond acceptors (Lipinski definition) is 3. The van der Waals surface area contributed by atoms with Crippen molar-refractivity contribution in [2.24, 2.45) is 0 Å². The minimum absolute atomic E-state index is 0.0273. The van der Waals surface area contributed by atoms with Gasteiger partial charge in [0.2, 0.25) is 0 Å². The molecule has 3 aromatic rings. The Morgan fingerprint density at radius 1 is 0.688 bits per heavy atom. The van der Waals surface area contributed by atoms with Crippen LogP contribution in [0.25, 0.3) is 0 Å². The zero-order chi connectivity index (χ0) is 23.6. The molecule has 0 aliphatic heterocycles. The average molecular weight is 626 g/mol. The molecule has 1 radical (unpaired) electrons. The first-order valence-corrected chi connectivity index (χ1v) is 15.6. The van der Waals surface area contributed by atoms with E-state index in [1.165, 1.54) is 23.3 Å². The van der Waals surface area contributed by atoms with Gasteiger partial charge in [-0.1, -0.05) is 86.8 Å². The molecule has 3 rings (SSSR count). The van der Waals surface area contributed by atoms with Crippen LogP contribution in [0.5, 0.6) is 0 Å². The van der Waals surface area contributed by atoms with Crippen LogP contribution in [0.2, 0.25) is 15.1 Å². The Hall–Kier alpha value is -0.830. The first kappa shape index (κ1) is 25.8. The van der Waals surface area contributed by atoms with E-state index in [4.69, 9.17) is 37.3 Å². The molecule has 0 heterocycles. The molecule has 3 aromatic carbocycles. The summed E-state index contributed by atoms with van der Waals surface area (Å²) in [5.74, 6) is 0.743. The largest absolute Gasteiger partial charge is 0.337 e. The van der Waals surface area contributed by atoms with E-state index in [-0.39, 0.29) is 20.0 Å². The standard InChI is InChI=1S/C24H24Cl3IO3S/c1-15(2)17-5-9-19(10-6-17)28(20-11-7-18(8-12-20)16(3)4)31-32(29,30)24-14-22(26)21(25)13-23(24)27/h5-16H,1-4H3/q+1. The monoisotopic (exact) mass is 624 g/mol. The molecule has 3 nitrogen and oxygen atoms in total. The Morgan fingerprint density at radius 3 is 1.50 bits per heavy atom. The van der Waals surface area contributed by atoms with Gasteiger partial charge in [-0.15, -0.1) is 0 Å². The van der Waals surface area contributed by atoms with Crippen molar-refractivity contribution < 1.29 is 31.2 Å². The molecular formula is C24H24Cl3IO3S+. The Bertz CT molecular complexity index is 1140. The predicted octanol–water partition coefficient (Wildman–Crippen LogP) is 4.88. The van der Waals surface area contributed by atoms with E-state index < -0.39 is 30.4 Å². The van der Waals surface area contributed by atoms with E-state index in [1.807, 2.05) is 48.5 Å². The van der Waals surface area contributed by atoms with Crippen LogP contribution in [-0.2, 0) is 12.6 Å². The van der Waals surface area contributed by atoms with Crippen molar-refractivity contribution >= 4 is 44.9 Å². The highest BCUT2D eigenvalue weighted by Crippen LogP contribution is 2.31. The summed E-state index contributed by atoms with van der Waals surface area (Å²) in [6.07, 6.45) is 0. The Balaban J connectivity index is 2.07. The van der Waals surface area contributed by atoms with Gasteiger partial charge in [0.05, 0.1) is 15.1 Å². The first-order valence-electron chi connectivity index (χ1n) is 9.99. The van der Waals surface area contributed by atoms with Crippen molar-refractivity contribution in [2.75, 3.05) is 0 Å². The summed E-state index contributed by atoms with van der Waals surface area (Å²) in [6.45, 7) is 8.46. The van der Waals surface area contributed by atoms with Crippen molar-refractivity contribution in [2.45, 2.75) is 44.4 Å². The lowest BCUT2D eigenvalue weighted by Gasteiger charge is -2.10. The Kier molecular flexibility index (Phi) is 8.56. The molecular weight excluding hydrogens is 602 g/mol. The molecule has 0 amide bonds. The molecule has 0 aromatic heterocycles. The molecule has 32 heavy (non-hydrogen) atoms. The Morgan fingerprint density at radius 2 is 1.09 bits per heavy atom. The number of halogens is 4. The lowest BCUT2D eigenvalue weighted by atomic mass is 10.0. The lowest BCUT2D eigenvalue weighted by molar-refractivity contribution is -1.03. The SMILES string of the molecule is CC(C)c1ccc([I+](OS(=O)(=O)c2cc(Cl)c(Cl)cc2Cl)c2ccc(C(C)C)cc2)cc1. The van der Waals surface area contributed by atoms with E-state index in [0.717, 1.165) is 7.14 Å². The second-order valence-corrected chi connectivity index (χ2v) is 15.6. The number of benzene rings is 3. The van der Waals surface area contributed by atoms with Crippen LogP contribution in [0, 0.1) is 7.14 Å². The van der Waals surface area contributed by atoms with Crippen molar-refractivity contribution in [1.29, 1.82) is 0 Å². The summed E-state index contributed by atoms with van der Waals surface area (Å²) in [6, 6.07) is 18.5. The molecule has 0 N–H and O–H groups in total. The smallest absolute Gasteiger partial charge is 0.190 e. The molecule has 0 aliphatic rings. The van der Waals surface area contributed by atoms with Crippen molar-refractivity contribution in [3.8, 4) is 0 Å². The van der Waals surface area contributed by atoms with Crippen LogP contribution in [0.1, 0.15) is 50.7 Å². The zero-order valence-corrected chi connectivity index (χ0v) is 23.3. The van der Waals surface area contributed by atoms with Gasteiger partial charge in [-0.25, -0.2) is 0 Å². The zero-order valence-electron chi connectivity index (χ0n) is 18.1. The summed E-state index contributed by atoms with van der Waals surface area (Å²) in [4.78, 5) is -0.187. The topological polar surface area (TPSA) is 43.4 Å². The van der Waals surface area contributed by atoms with Gasteiger partial charge in [-0.2, -0.15) is 8.42 Å². The van der Waals surface area contributed by atoms with Crippen molar-refractivity contribution in [1.82, 2.24) is 0 Å². The fraction of sp³-hybridized carbons (Fsp3) is 0.250. The maximum absolute atomic E-state index is 13.3. The van der Waals surface area contributed by atoms with Crippen LogP contribution in [0.4, 0.5) is 0 Å². The van der Waals surface area contributed by atoms with E-state index in [1.54, 1.807) is 0 Å². The van der Waals surface area contributed by atoms with Crippen molar-refractivity contribution in [3.63, 3.8) is 0 Å². The van der Waals surface area contributed by atoms with Crippen LogP contribution in [-0.4, -0.2) is 8.42 Å². The molecule has 0 saturated heterocycles. The Labute approximate surface area is 213 Å². The summed E-state index contributed by atoms with van der Waals surface area (Å²) < 4.78 is 34.2. The summed E-state index contributed by atoms with van der Waals surface area (Å²) in [5.41, 5.74) is 2.35. The third-order valence-electron chi connectivity index (χ3n) is 4.86. The van der Waals surface area contributed by atoms with Gasteiger partial charge in [0.25, 0.3) is 0 Å². The van der Waals surface area contributed by atoms with Gasteiger partial charge in [0.1, 0.15) is 4.90 Å². The van der Waals surface area contributed by atoms with Gasteiger partial charge in [-0.05, 0) is 61.9 Å². The lowest BCUT2D eigenvalue weighted by Crippen LogP contribution is -3.85. The molecule has 0 saturated carbocycles. The number of hydrogen-bond donors (Lipinski definition) is 0. The second kappa shape index (κ2) is 10.6. The average Bonchev–Trinajstić information content (AvgIpc) is 2.74. The summed E-state index contributed by atoms with van der Waals surface area (Å²) >= 11 is 15.4. The van der Waals surface area contributed by atoms with E-state index in [2.05, 4.69) is 27.7 Å². The molecule has 0 unspecified atom stereocenters. The molecule has 8 heteroatoms. The molecule has 0 fully saturated rings. The minimum Gasteiger partial charge on any atom is -0.190 e. The molecule has 171 valence electrons. The van der Waals surface area contributed by atoms with E-state index in [9.17, 15) is 8.42 Å². The van der Waals surface area contributed by atoms with E-state index >= 15 is 0 Å². The van der Waals surface area contributed by atoms with Gasteiger partial charge < -0.3 is 0 Å². The highest BCUT2D eigenvalue weighted by Gasteiger charge is 2.39. The van der Waals surface area contributed by atoms with Crippen LogP contribution < -0.4 is 20.2 Å². The van der Waals surface area contributed by atoms with Gasteiger partial charge >= 0.3 is 30.4 Å². The normalized spacial score (nSPS) is 12.2. The molecule has 0 aliphatic carbocycles.